The standard InChI is InChI=1S/C14H19ClN2O/c15-12-6-4-5-11(9-12)13(18)17-10-14(16)7-2-1-3-8-14/h4-6,9H,1-3,7-8,10,16H2,(H,17,18). The second-order valence-electron chi connectivity index (χ2n) is 5.12. The molecular formula is C14H19ClN2O. The predicted octanol–water partition coefficient (Wildman–Crippen LogP) is 2.73. The summed E-state index contributed by atoms with van der Waals surface area (Å²) in [5, 5.41) is 3.49. The van der Waals surface area contributed by atoms with Crippen molar-refractivity contribution in [3.63, 3.8) is 0 Å². The topological polar surface area (TPSA) is 55.1 Å². The number of carbonyl (C=O) groups is 1. The summed E-state index contributed by atoms with van der Waals surface area (Å²) in [5.41, 5.74) is 6.63. The van der Waals surface area contributed by atoms with E-state index in [1.165, 1.54) is 6.42 Å². The average Bonchev–Trinajstić information content (AvgIpc) is 2.37. The van der Waals surface area contributed by atoms with Gasteiger partial charge in [-0.15, -0.1) is 0 Å². The van der Waals surface area contributed by atoms with Gasteiger partial charge in [-0.3, -0.25) is 4.79 Å². The highest BCUT2D eigenvalue weighted by Gasteiger charge is 2.27. The number of nitrogens with one attached hydrogen (secondary N) is 1. The number of benzene rings is 1. The Balaban J connectivity index is 1.92. The first-order valence-corrected chi connectivity index (χ1v) is 6.80. The van der Waals surface area contributed by atoms with Gasteiger partial charge < -0.3 is 11.1 Å². The highest BCUT2D eigenvalue weighted by molar-refractivity contribution is 6.30. The lowest BCUT2D eigenvalue weighted by Crippen LogP contribution is -2.51. The largest absolute Gasteiger partial charge is 0.350 e. The molecule has 1 fully saturated rings. The fourth-order valence-electron chi connectivity index (χ4n) is 2.42. The summed E-state index contributed by atoms with van der Waals surface area (Å²) in [7, 11) is 0. The van der Waals surface area contributed by atoms with Gasteiger partial charge in [0.25, 0.3) is 5.91 Å². The molecule has 0 bridgehead atoms. The van der Waals surface area contributed by atoms with Crippen molar-refractivity contribution in [2.75, 3.05) is 6.54 Å². The fourth-order valence-corrected chi connectivity index (χ4v) is 2.61. The van der Waals surface area contributed by atoms with Crippen LogP contribution < -0.4 is 11.1 Å². The lowest BCUT2D eigenvalue weighted by molar-refractivity contribution is 0.0937. The fraction of sp³-hybridized carbons (Fsp3) is 0.500. The molecular weight excluding hydrogens is 248 g/mol. The average molecular weight is 267 g/mol. The zero-order valence-electron chi connectivity index (χ0n) is 10.4. The summed E-state index contributed by atoms with van der Waals surface area (Å²) in [6, 6.07) is 6.95. The Morgan fingerprint density at radius 2 is 2.06 bits per heavy atom. The van der Waals surface area contributed by atoms with Crippen LogP contribution in [0, 0.1) is 0 Å². The molecule has 3 N–H and O–H groups in total. The van der Waals surface area contributed by atoms with E-state index in [1.807, 2.05) is 0 Å². The molecule has 4 heteroatoms. The van der Waals surface area contributed by atoms with E-state index in [1.54, 1.807) is 24.3 Å². The molecule has 0 aliphatic heterocycles. The number of hydrogen-bond acceptors (Lipinski definition) is 2. The van der Waals surface area contributed by atoms with Gasteiger partial charge in [0.1, 0.15) is 0 Å². The van der Waals surface area contributed by atoms with Gasteiger partial charge in [-0.2, -0.15) is 0 Å². The molecule has 1 saturated carbocycles. The number of nitrogens with two attached hydrogens (primary N) is 1. The van der Waals surface area contributed by atoms with Crippen LogP contribution in [0.15, 0.2) is 24.3 Å². The third-order valence-electron chi connectivity index (χ3n) is 3.54. The van der Waals surface area contributed by atoms with Gasteiger partial charge in [0.05, 0.1) is 0 Å². The molecule has 0 radical (unpaired) electrons. The van der Waals surface area contributed by atoms with E-state index in [2.05, 4.69) is 5.32 Å². The molecule has 0 aromatic heterocycles. The van der Waals surface area contributed by atoms with E-state index in [4.69, 9.17) is 17.3 Å². The van der Waals surface area contributed by atoms with E-state index in [0.29, 0.717) is 17.1 Å². The quantitative estimate of drug-likeness (QED) is 0.884. The molecule has 0 unspecified atom stereocenters. The molecule has 1 aliphatic carbocycles. The van der Waals surface area contributed by atoms with E-state index in [-0.39, 0.29) is 11.4 Å². The lowest BCUT2D eigenvalue weighted by atomic mass is 9.82. The van der Waals surface area contributed by atoms with Gasteiger partial charge in [-0.25, -0.2) is 0 Å². The normalized spacial score (nSPS) is 18.3. The van der Waals surface area contributed by atoms with Crippen LogP contribution in [0.2, 0.25) is 5.02 Å². The zero-order valence-corrected chi connectivity index (χ0v) is 11.2. The van der Waals surface area contributed by atoms with Crippen LogP contribution in [0.25, 0.3) is 0 Å². The van der Waals surface area contributed by atoms with Crippen LogP contribution in [-0.2, 0) is 0 Å². The molecule has 0 atom stereocenters. The molecule has 98 valence electrons. The highest BCUT2D eigenvalue weighted by atomic mass is 35.5. The Hall–Kier alpha value is -1.06. The number of halogens is 1. The monoisotopic (exact) mass is 266 g/mol. The first-order chi connectivity index (χ1) is 8.59. The minimum Gasteiger partial charge on any atom is -0.350 e. The molecule has 1 aliphatic rings. The van der Waals surface area contributed by atoms with Crippen molar-refractivity contribution in [3.05, 3.63) is 34.9 Å². The van der Waals surface area contributed by atoms with Gasteiger partial charge >= 0.3 is 0 Å². The van der Waals surface area contributed by atoms with E-state index < -0.39 is 0 Å². The number of carbonyl (C=O) groups excluding carboxylic acids is 1. The van der Waals surface area contributed by atoms with Crippen LogP contribution in [-0.4, -0.2) is 18.0 Å². The van der Waals surface area contributed by atoms with Crippen LogP contribution in [0.3, 0.4) is 0 Å². The van der Waals surface area contributed by atoms with E-state index in [0.717, 1.165) is 25.7 Å². The summed E-state index contributed by atoms with van der Waals surface area (Å²) < 4.78 is 0. The second kappa shape index (κ2) is 5.72. The summed E-state index contributed by atoms with van der Waals surface area (Å²) >= 11 is 5.86. The third kappa shape index (κ3) is 3.47. The molecule has 0 spiro atoms. The van der Waals surface area contributed by atoms with Crippen LogP contribution in [0.1, 0.15) is 42.5 Å². The summed E-state index contributed by atoms with van der Waals surface area (Å²) in [6.45, 7) is 0.540. The summed E-state index contributed by atoms with van der Waals surface area (Å²) in [4.78, 5) is 12.0. The third-order valence-corrected chi connectivity index (χ3v) is 3.77. The van der Waals surface area contributed by atoms with Gasteiger partial charge in [0.15, 0.2) is 0 Å². The number of amides is 1. The second-order valence-corrected chi connectivity index (χ2v) is 5.55. The minimum absolute atomic E-state index is 0.104. The van der Waals surface area contributed by atoms with E-state index >= 15 is 0 Å². The Kier molecular flexibility index (Phi) is 4.25. The van der Waals surface area contributed by atoms with Crippen molar-refractivity contribution in [3.8, 4) is 0 Å². The lowest BCUT2D eigenvalue weighted by Gasteiger charge is -2.33. The molecule has 0 heterocycles. The van der Waals surface area contributed by atoms with Crippen molar-refractivity contribution in [1.82, 2.24) is 5.32 Å². The van der Waals surface area contributed by atoms with Gasteiger partial charge in [-0.1, -0.05) is 36.9 Å². The van der Waals surface area contributed by atoms with Crippen molar-refractivity contribution in [1.29, 1.82) is 0 Å². The van der Waals surface area contributed by atoms with Crippen molar-refractivity contribution in [2.24, 2.45) is 5.73 Å². The first kappa shape index (κ1) is 13.4. The number of hydrogen-bond donors (Lipinski definition) is 2. The Bertz CT molecular complexity index is 428. The van der Waals surface area contributed by atoms with Crippen LogP contribution >= 0.6 is 11.6 Å². The van der Waals surface area contributed by atoms with E-state index in [9.17, 15) is 4.79 Å². The Morgan fingerprint density at radius 3 is 2.72 bits per heavy atom. The van der Waals surface area contributed by atoms with Gasteiger partial charge in [0, 0.05) is 22.7 Å². The van der Waals surface area contributed by atoms with Crippen molar-refractivity contribution in [2.45, 2.75) is 37.6 Å². The smallest absolute Gasteiger partial charge is 0.251 e. The van der Waals surface area contributed by atoms with Crippen LogP contribution in [0.5, 0.6) is 0 Å². The molecule has 1 aromatic carbocycles. The van der Waals surface area contributed by atoms with Crippen molar-refractivity contribution < 1.29 is 4.79 Å². The maximum absolute atomic E-state index is 12.0. The van der Waals surface area contributed by atoms with Gasteiger partial charge in [0.2, 0.25) is 0 Å². The molecule has 1 aromatic rings. The highest BCUT2D eigenvalue weighted by Crippen LogP contribution is 2.25. The molecule has 0 saturated heterocycles. The predicted molar refractivity (Wildman–Crippen MR) is 73.8 cm³/mol. The maximum Gasteiger partial charge on any atom is 0.251 e. The van der Waals surface area contributed by atoms with Crippen molar-refractivity contribution >= 4 is 17.5 Å². The minimum atomic E-state index is -0.230. The van der Waals surface area contributed by atoms with Crippen LogP contribution in [0.4, 0.5) is 0 Å². The summed E-state index contributed by atoms with van der Waals surface area (Å²) in [6.07, 6.45) is 5.54. The zero-order chi connectivity index (χ0) is 13.0. The molecule has 1 amide bonds. The Morgan fingerprint density at radius 1 is 1.33 bits per heavy atom. The summed E-state index contributed by atoms with van der Waals surface area (Å²) in [5.74, 6) is -0.104. The molecule has 2 rings (SSSR count). The van der Waals surface area contributed by atoms with Gasteiger partial charge in [-0.05, 0) is 31.0 Å². The SMILES string of the molecule is NC1(CNC(=O)c2cccc(Cl)c2)CCCCC1. The maximum atomic E-state index is 12.0. The molecule has 18 heavy (non-hydrogen) atoms. The number of rotatable bonds is 3. The first-order valence-electron chi connectivity index (χ1n) is 6.42. The molecule has 3 nitrogen and oxygen atoms in total. The Labute approximate surface area is 113 Å².